The van der Waals surface area contributed by atoms with Gasteiger partial charge in [-0.3, -0.25) is 0 Å². The van der Waals surface area contributed by atoms with Crippen molar-refractivity contribution in [3.63, 3.8) is 0 Å². The summed E-state index contributed by atoms with van der Waals surface area (Å²) in [4.78, 5) is 3.34. The lowest BCUT2D eigenvalue weighted by Crippen LogP contribution is -3.15. The molecule has 148 valence electrons. The highest BCUT2D eigenvalue weighted by Crippen LogP contribution is 2.31. The van der Waals surface area contributed by atoms with Crippen molar-refractivity contribution in [1.82, 2.24) is 20.2 Å². The Hall–Kier alpha value is -2.16. The third-order valence-corrected chi connectivity index (χ3v) is 5.07. The fourth-order valence-electron chi connectivity index (χ4n) is 3.49. The summed E-state index contributed by atoms with van der Waals surface area (Å²) in [5.41, 5.74) is -0.185. The van der Waals surface area contributed by atoms with Crippen LogP contribution in [0, 0.1) is 0 Å². The quantitative estimate of drug-likeness (QED) is 0.880. The van der Waals surface area contributed by atoms with Gasteiger partial charge in [0, 0.05) is 5.69 Å². The van der Waals surface area contributed by atoms with Crippen LogP contribution in [-0.4, -0.2) is 46.4 Å². The molecule has 0 radical (unpaired) electrons. The van der Waals surface area contributed by atoms with Gasteiger partial charge in [-0.15, -0.1) is 5.10 Å². The Balaban J connectivity index is 1.68. The number of anilines is 1. The Morgan fingerprint density at radius 3 is 2.37 bits per heavy atom. The molecule has 6 nitrogen and oxygen atoms in total. The summed E-state index contributed by atoms with van der Waals surface area (Å²) in [5, 5.41) is 12.2. The summed E-state index contributed by atoms with van der Waals surface area (Å²) >= 11 is 0. The molecule has 27 heavy (non-hydrogen) atoms. The molecule has 3 rings (SSSR count). The number of quaternary nitrogens is 1. The molecule has 1 aromatic heterocycles. The maximum Gasteiger partial charge on any atom is 0.416 e. The van der Waals surface area contributed by atoms with Crippen molar-refractivity contribution in [2.75, 3.05) is 31.1 Å². The van der Waals surface area contributed by atoms with Crippen LogP contribution in [0.25, 0.3) is 0 Å². The summed E-state index contributed by atoms with van der Waals surface area (Å²) < 4.78 is 40.7. The first-order valence-electron chi connectivity index (χ1n) is 9.13. The summed E-state index contributed by atoms with van der Waals surface area (Å²) in [6, 6.07) is 5.66. The van der Waals surface area contributed by atoms with Crippen LogP contribution in [0.3, 0.4) is 0 Å². The molecule has 1 aliphatic rings. The molecule has 0 bridgehead atoms. The predicted molar refractivity (Wildman–Crippen MR) is 95.6 cm³/mol. The van der Waals surface area contributed by atoms with E-state index in [0.29, 0.717) is 18.8 Å². The molecule has 1 atom stereocenters. The zero-order chi connectivity index (χ0) is 19.8. The molecule has 1 N–H and O–H groups in total. The van der Waals surface area contributed by atoms with Crippen molar-refractivity contribution in [1.29, 1.82) is 0 Å². The second-order valence-electron chi connectivity index (χ2n) is 8.03. The van der Waals surface area contributed by atoms with Gasteiger partial charge in [-0.05, 0) is 56.3 Å². The number of nitrogens with one attached hydrogen (secondary N) is 1. The third-order valence-electron chi connectivity index (χ3n) is 5.07. The SMILES string of the molecule is C[C@H](c1nnnn1C(C)(C)C)[NH+]1CCN(c2cccc(C(F)(F)F)c2)CC1. The molecule has 1 aromatic carbocycles. The van der Waals surface area contributed by atoms with Gasteiger partial charge >= 0.3 is 6.18 Å². The van der Waals surface area contributed by atoms with Gasteiger partial charge in [0.1, 0.15) is 6.04 Å². The zero-order valence-electron chi connectivity index (χ0n) is 16.1. The van der Waals surface area contributed by atoms with Crippen LogP contribution in [0.15, 0.2) is 24.3 Å². The lowest BCUT2D eigenvalue weighted by Gasteiger charge is -2.36. The summed E-state index contributed by atoms with van der Waals surface area (Å²) in [5.74, 6) is 0.838. The number of piperazine rings is 1. The van der Waals surface area contributed by atoms with Gasteiger partial charge in [0.15, 0.2) is 0 Å². The van der Waals surface area contributed by atoms with Crippen molar-refractivity contribution in [3.8, 4) is 0 Å². The van der Waals surface area contributed by atoms with E-state index in [1.807, 2.05) is 9.58 Å². The summed E-state index contributed by atoms with van der Waals surface area (Å²) in [7, 11) is 0. The largest absolute Gasteiger partial charge is 0.416 e. The highest BCUT2D eigenvalue weighted by Gasteiger charge is 2.33. The van der Waals surface area contributed by atoms with Crippen molar-refractivity contribution in [2.24, 2.45) is 0 Å². The van der Waals surface area contributed by atoms with Gasteiger partial charge in [0.25, 0.3) is 0 Å². The molecular formula is C18H26F3N6+. The molecule has 2 heterocycles. The fraction of sp³-hybridized carbons (Fsp3) is 0.611. The highest BCUT2D eigenvalue weighted by atomic mass is 19.4. The summed E-state index contributed by atoms with van der Waals surface area (Å²) in [6.07, 6.45) is -4.32. The van der Waals surface area contributed by atoms with Crippen molar-refractivity contribution in [2.45, 2.75) is 45.5 Å². The highest BCUT2D eigenvalue weighted by molar-refractivity contribution is 5.49. The minimum absolute atomic E-state index is 0.114. The Morgan fingerprint density at radius 2 is 1.78 bits per heavy atom. The molecule has 0 unspecified atom stereocenters. The van der Waals surface area contributed by atoms with Crippen molar-refractivity contribution >= 4 is 5.69 Å². The lowest BCUT2D eigenvalue weighted by molar-refractivity contribution is -0.931. The van der Waals surface area contributed by atoms with Gasteiger partial charge in [0.2, 0.25) is 5.82 Å². The fourth-order valence-corrected chi connectivity index (χ4v) is 3.49. The average molecular weight is 383 g/mol. The number of aromatic nitrogens is 4. The Labute approximate surface area is 156 Å². The van der Waals surface area contributed by atoms with Gasteiger partial charge in [-0.1, -0.05) is 6.07 Å². The number of rotatable bonds is 3. The van der Waals surface area contributed by atoms with Crippen LogP contribution in [0.4, 0.5) is 18.9 Å². The second kappa shape index (κ2) is 7.10. The number of benzene rings is 1. The third kappa shape index (κ3) is 4.23. The maximum absolute atomic E-state index is 13.0. The molecular weight excluding hydrogens is 357 g/mol. The standard InChI is InChI=1S/C18H25F3N6/c1-13(16-22-23-24-27(16)17(2,3)4)25-8-10-26(11-9-25)15-7-5-6-14(12-15)18(19,20)21/h5-7,12-13H,8-11H2,1-4H3/p+1/t13-/m1/s1. The van der Waals surface area contributed by atoms with Gasteiger partial charge < -0.3 is 9.80 Å². The van der Waals surface area contributed by atoms with E-state index < -0.39 is 11.7 Å². The van der Waals surface area contributed by atoms with Crippen molar-refractivity contribution < 1.29 is 18.1 Å². The van der Waals surface area contributed by atoms with Gasteiger partial charge in [-0.25, -0.2) is 4.68 Å². The monoisotopic (exact) mass is 383 g/mol. The smallest absolute Gasteiger partial charge is 0.360 e. The number of hydrogen-bond donors (Lipinski definition) is 1. The van der Waals surface area contributed by atoms with Gasteiger partial charge in [0.05, 0.1) is 37.3 Å². The first kappa shape index (κ1) is 19.6. The van der Waals surface area contributed by atoms with Crippen LogP contribution >= 0.6 is 0 Å². The van der Waals surface area contributed by atoms with E-state index in [1.54, 1.807) is 6.07 Å². The van der Waals surface area contributed by atoms with Crippen molar-refractivity contribution in [3.05, 3.63) is 35.7 Å². The van der Waals surface area contributed by atoms with E-state index in [2.05, 4.69) is 43.2 Å². The Kier molecular flexibility index (Phi) is 5.16. The number of tetrazole rings is 1. The molecule has 0 saturated carbocycles. The van der Waals surface area contributed by atoms with Crippen LogP contribution in [-0.2, 0) is 11.7 Å². The number of alkyl halides is 3. The lowest BCUT2D eigenvalue weighted by atomic mass is 10.1. The first-order chi connectivity index (χ1) is 12.6. The topological polar surface area (TPSA) is 51.3 Å². The maximum atomic E-state index is 13.0. The van der Waals surface area contributed by atoms with Crippen LogP contribution in [0.2, 0.25) is 0 Å². The number of nitrogens with zero attached hydrogens (tertiary/aromatic N) is 5. The van der Waals surface area contributed by atoms with E-state index in [1.165, 1.54) is 17.0 Å². The second-order valence-corrected chi connectivity index (χ2v) is 8.03. The Bertz CT molecular complexity index is 772. The average Bonchev–Trinajstić information content (AvgIpc) is 3.11. The molecule has 1 aliphatic heterocycles. The molecule has 0 amide bonds. The van der Waals surface area contributed by atoms with Crippen LogP contribution in [0.5, 0.6) is 0 Å². The van der Waals surface area contributed by atoms with E-state index in [-0.39, 0.29) is 11.6 Å². The van der Waals surface area contributed by atoms with E-state index >= 15 is 0 Å². The van der Waals surface area contributed by atoms with E-state index in [9.17, 15) is 13.2 Å². The summed E-state index contributed by atoms with van der Waals surface area (Å²) in [6.45, 7) is 11.3. The number of halogens is 3. The van der Waals surface area contributed by atoms with E-state index in [4.69, 9.17) is 0 Å². The number of hydrogen-bond acceptors (Lipinski definition) is 4. The van der Waals surface area contributed by atoms with E-state index in [0.717, 1.165) is 25.0 Å². The molecule has 0 spiro atoms. The first-order valence-corrected chi connectivity index (χ1v) is 9.13. The normalized spacial score (nSPS) is 18.0. The molecule has 9 heteroatoms. The van der Waals surface area contributed by atoms with Crippen LogP contribution in [0.1, 0.15) is 45.1 Å². The Morgan fingerprint density at radius 1 is 1.11 bits per heavy atom. The molecule has 0 aliphatic carbocycles. The minimum Gasteiger partial charge on any atom is -0.360 e. The van der Waals surface area contributed by atoms with Crippen LogP contribution < -0.4 is 9.80 Å². The molecule has 1 fully saturated rings. The van der Waals surface area contributed by atoms with Gasteiger partial charge in [-0.2, -0.15) is 13.2 Å². The molecule has 2 aromatic rings. The zero-order valence-corrected chi connectivity index (χ0v) is 16.1. The minimum atomic E-state index is -4.32. The molecule has 1 saturated heterocycles. The predicted octanol–water partition coefficient (Wildman–Crippen LogP) is 1.91.